The minimum atomic E-state index is -0.670. The van der Waals surface area contributed by atoms with Crippen LogP contribution in [0.2, 0.25) is 0 Å². The van der Waals surface area contributed by atoms with Gasteiger partial charge in [0.1, 0.15) is 6.07 Å². The average Bonchev–Trinajstić information content (AvgIpc) is 2.58. The first-order valence-electron chi connectivity index (χ1n) is 7.73. The molecule has 0 aliphatic heterocycles. The van der Waals surface area contributed by atoms with E-state index in [-0.39, 0.29) is 5.57 Å². The summed E-state index contributed by atoms with van der Waals surface area (Å²) in [6.45, 7) is 5.36. The fourth-order valence-corrected chi connectivity index (χ4v) is 1.86. The van der Waals surface area contributed by atoms with Gasteiger partial charge in [-0.2, -0.15) is 5.26 Å². The van der Waals surface area contributed by atoms with Crippen molar-refractivity contribution in [3.05, 3.63) is 35.5 Å². The van der Waals surface area contributed by atoms with Crippen molar-refractivity contribution < 1.29 is 19.0 Å². The largest absolute Gasteiger partial charge is 0.493 e. The minimum Gasteiger partial charge on any atom is -0.493 e. The van der Waals surface area contributed by atoms with Gasteiger partial charge in [0.05, 0.1) is 20.8 Å². The number of carbonyl (C=O) groups is 1. The highest BCUT2D eigenvalue weighted by atomic mass is 16.5. The Labute approximate surface area is 143 Å². The van der Waals surface area contributed by atoms with E-state index in [9.17, 15) is 4.79 Å². The van der Waals surface area contributed by atoms with E-state index in [4.69, 9.17) is 14.7 Å². The summed E-state index contributed by atoms with van der Waals surface area (Å²) in [7, 11) is 2.82. The predicted molar refractivity (Wildman–Crippen MR) is 90.5 cm³/mol. The van der Waals surface area contributed by atoms with Gasteiger partial charge in [-0.15, -0.1) is 0 Å². The van der Waals surface area contributed by atoms with Gasteiger partial charge in [0, 0.05) is 12.7 Å². The van der Waals surface area contributed by atoms with E-state index in [2.05, 4.69) is 23.9 Å². The van der Waals surface area contributed by atoms with Crippen molar-refractivity contribution in [1.29, 1.82) is 5.26 Å². The first-order chi connectivity index (χ1) is 11.5. The second-order valence-corrected chi connectivity index (χ2v) is 5.56. The third-order valence-electron chi connectivity index (χ3n) is 3.26. The van der Waals surface area contributed by atoms with Gasteiger partial charge < -0.3 is 19.5 Å². The number of hydrogen-bond acceptors (Lipinski definition) is 6. The highest BCUT2D eigenvalue weighted by Gasteiger charge is 2.09. The third-order valence-corrected chi connectivity index (χ3v) is 3.26. The van der Waals surface area contributed by atoms with Crippen molar-refractivity contribution in [1.82, 2.24) is 5.32 Å². The van der Waals surface area contributed by atoms with Gasteiger partial charge in [-0.05, 0) is 30.0 Å². The lowest BCUT2D eigenvalue weighted by Gasteiger charge is -2.13. The number of benzene rings is 1. The first kappa shape index (κ1) is 19.4. The van der Waals surface area contributed by atoms with Gasteiger partial charge >= 0.3 is 5.97 Å². The first-order valence-corrected chi connectivity index (χ1v) is 7.73. The fraction of sp³-hybridized carbons (Fsp3) is 0.444. The van der Waals surface area contributed by atoms with Gasteiger partial charge in [-0.3, -0.25) is 0 Å². The molecular weight excluding hydrogens is 308 g/mol. The standard InChI is InChI=1S/C18H24N2O4/c1-13(2)7-8-24-16-6-5-14(9-17(16)22-3)11-20-12-15(10-19)18(21)23-4/h5-6,9,12-13,20H,7-8,11H2,1-4H3/b15-12-. The summed E-state index contributed by atoms with van der Waals surface area (Å²) >= 11 is 0. The molecule has 0 radical (unpaired) electrons. The summed E-state index contributed by atoms with van der Waals surface area (Å²) in [5.74, 6) is 1.26. The van der Waals surface area contributed by atoms with Crippen molar-refractivity contribution >= 4 is 5.97 Å². The molecule has 0 aliphatic rings. The zero-order valence-electron chi connectivity index (χ0n) is 14.6. The van der Waals surface area contributed by atoms with Gasteiger partial charge in [0.25, 0.3) is 0 Å². The van der Waals surface area contributed by atoms with Gasteiger partial charge in [-0.25, -0.2) is 4.79 Å². The smallest absolute Gasteiger partial charge is 0.350 e. The predicted octanol–water partition coefficient (Wildman–Crippen LogP) is 2.79. The van der Waals surface area contributed by atoms with E-state index in [1.807, 2.05) is 18.2 Å². The van der Waals surface area contributed by atoms with Crippen LogP contribution in [-0.4, -0.2) is 26.8 Å². The van der Waals surface area contributed by atoms with Crippen LogP contribution < -0.4 is 14.8 Å². The third kappa shape index (κ3) is 6.21. The normalized spacial score (nSPS) is 10.9. The van der Waals surface area contributed by atoms with Gasteiger partial charge in [0.2, 0.25) is 0 Å². The maximum atomic E-state index is 11.3. The van der Waals surface area contributed by atoms with Crippen LogP contribution >= 0.6 is 0 Å². The maximum absolute atomic E-state index is 11.3. The van der Waals surface area contributed by atoms with Crippen molar-refractivity contribution in [3.8, 4) is 17.6 Å². The number of carbonyl (C=O) groups excluding carboxylic acids is 1. The highest BCUT2D eigenvalue weighted by molar-refractivity contribution is 5.92. The number of methoxy groups -OCH3 is 2. The molecule has 1 rings (SSSR count). The number of hydrogen-bond donors (Lipinski definition) is 1. The summed E-state index contributed by atoms with van der Waals surface area (Å²) in [4.78, 5) is 11.3. The molecule has 0 aromatic heterocycles. The van der Waals surface area contributed by atoms with E-state index in [1.165, 1.54) is 13.3 Å². The van der Waals surface area contributed by atoms with Gasteiger partial charge in [-0.1, -0.05) is 19.9 Å². The molecule has 0 bridgehead atoms. The summed E-state index contributed by atoms with van der Waals surface area (Å²) in [6, 6.07) is 7.39. The second kappa shape index (κ2) is 10.2. The summed E-state index contributed by atoms with van der Waals surface area (Å²) in [5.41, 5.74) is 0.847. The SMILES string of the molecule is COC(=O)/C(C#N)=C\NCc1ccc(OCCC(C)C)c(OC)c1. The lowest BCUT2D eigenvalue weighted by molar-refractivity contribution is -0.135. The van der Waals surface area contributed by atoms with E-state index in [0.717, 1.165) is 12.0 Å². The number of nitrogens with one attached hydrogen (secondary N) is 1. The fourth-order valence-electron chi connectivity index (χ4n) is 1.86. The molecule has 0 amide bonds. The summed E-state index contributed by atoms with van der Waals surface area (Å²) in [6.07, 6.45) is 2.31. The Bertz CT molecular complexity index is 618. The molecular formula is C18H24N2O4. The van der Waals surface area contributed by atoms with Crippen LogP contribution in [-0.2, 0) is 16.1 Å². The molecule has 0 saturated heterocycles. The molecule has 6 nitrogen and oxygen atoms in total. The van der Waals surface area contributed by atoms with Crippen LogP contribution in [0.3, 0.4) is 0 Å². The average molecular weight is 332 g/mol. The zero-order valence-corrected chi connectivity index (χ0v) is 14.6. The Kier molecular flexibility index (Phi) is 8.20. The summed E-state index contributed by atoms with van der Waals surface area (Å²) in [5, 5.41) is 11.8. The van der Waals surface area contributed by atoms with Gasteiger partial charge in [0.15, 0.2) is 17.1 Å². The van der Waals surface area contributed by atoms with Crippen molar-refractivity contribution in [2.45, 2.75) is 26.8 Å². The van der Waals surface area contributed by atoms with Crippen molar-refractivity contribution in [2.24, 2.45) is 5.92 Å². The molecule has 0 atom stereocenters. The van der Waals surface area contributed by atoms with Crippen molar-refractivity contribution in [3.63, 3.8) is 0 Å². The summed E-state index contributed by atoms with van der Waals surface area (Å²) < 4.78 is 15.6. The lowest BCUT2D eigenvalue weighted by atomic mass is 10.1. The Hall–Kier alpha value is -2.68. The quantitative estimate of drug-likeness (QED) is 0.425. The van der Waals surface area contributed by atoms with Crippen LogP contribution in [0.15, 0.2) is 30.0 Å². The molecule has 1 aromatic rings. The molecule has 0 heterocycles. The van der Waals surface area contributed by atoms with E-state index in [0.29, 0.717) is 30.6 Å². The van der Waals surface area contributed by atoms with Crippen LogP contribution in [0.25, 0.3) is 0 Å². The minimum absolute atomic E-state index is 0.0851. The number of nitriles is 1. The molecule has 0 spiro atoms. The Morgan fingerprint density at radius 2 is 2.08 bits per heavy atom. The van der Waals surface area contributed by atoms with E-state index >= 15 is 0 Å². The zero-order chi connectivity index (χ0) is 17.9. The number of rotatable bonds is 9. The Balaban J connectivity index is 2.69. The monoisotopic (exact) mass is 332 g/mol. The molecule has 0 aliphatic carbocycles. The van der Waals surface area contributed by atoms with E-state index < -0.39 is 5.97 Å². The van der Waals surface area contributed by atoms with Crippen LogP contribution in [0, 0.1) is 17.2 Å². The van der Waals surface area contributed by atoms with Crippen molar-refractivity contribution in [2.75, 3.05) is 20.8 Å². The lowest BCUT2D eigenvalue weighted by Crippen LogP contribution is -2.11. The maximum Gasteiger partial charge on any atom is 0.350 e. The highest BCUT2D eigenvalue weighted by Crippen LogP contribution is 2.28. The number of nitrogens with zero attached hydrogens (tertiary/aromatic N) is 1. The topological polar surface area (TPSA) is 80.6 Å². The number of esters is 1. The molecule has 6 heteroatoms. The molecule has 0 unspecified atom stereocenters. The van der Waals surface area contributed by atoms with E-state index in [1.54, 1.807) is 13.2 Å². The molecule has 0 fully saturated rings. The molecule has 1 aromatic carbocycles. The van der Waals surface area contributed by atoms with Crippen LogP contribution in [0.5, 0.6) is 11.5 Å². The molecule has 0 saturated carbocycles. The molecule has 130 valence electrons. The Morgan fingerprint density at radius 1 is 1.33 bits per heavy atom. The molecule has 1 N–H and O–H groups in total. The Morgan fingerprint density at radius 3 is 2.67 bits per heavy atom. The molecule has 24 heavy (non-hydrogen) atoms. The van der Waals surface area contributed by atoms with Crippen LogP contribution in [0.1, 0.15) is 25.8 Å². The van der Waals surface area contributed by atoms with Crippen LogP contribution in [0.4, 0.5) is 0 Å². The number of ether oxygens (including phenoxy) is 3. The second-order valence-electron chi connectivity index (χ2n) is 5.56.